The molecule has 2 aliphatic heterocycles. The van der Waals surface area contributed by atoms with E-state index in [4.69, 9.17) is 0 Å². The van der Waals surface area contributed by atoms with E-state index in [1.165, 1.54) is 25.8 Å². The second-order valence-corrected chi connectivity index (χ2v) is 4.75. The summed E-state index contributed by atoms with van der Waals surface area (Å²) in [6.45, 7) is 6.14. The van der Waals surface area contributed by atoms with E-state index in [0.717, 1.165) is 19.0 Å². The van der Waals surface area contributed by atoms with E-state index in [0.29, 0.717) is 18.7 Å². The van der Waals surface area contributed by atoms with E-state index in [9.17, 15) is 5.11 Å². The third-order valence-electron chi connectivity index (χ3n) is 3.80. The first kappa shape index (κ1) is 10.4. The van der Waals surface area contributed by atoms with Gasteiger partial charge in [0.05, 0.1) is 6.61 Å². The van der Waals surface area contributed by atoms with Crippen molar-refractivity contribution in [3.8, 4) is 0 Å². The molecule has 3 nitrogen and oxygen atoms in total. The number of piperidine rings is 1. The third-order valence-corrected chi connectivity index (χ3v) is 3.80. The van der Waals surface area contributed by atoms with Gasteiger partial charge in [-0.15, -0.1) is 0 Å². The van der Waals surface area contributed by atoms with Gasteiger partial charge in [-0.3, -0.25) is 4.90 Å². The van der Waals surface area contributed by atoms with Crippen LogP contribution in [0.5, 0.6) is 0 Å². The standard InChI is InChI=1S/C11H22N2O/c1-9-7-12-5-4-11(9)13-6-2-3-10(13)8-14/h9-12,14H,2-8H2,1H3/t9?,10-,11?/m0/s1. The molecule has 14 heavy (non-hydrogen) atoms. The molecule has 2 aliphatic rings. The maximum Gasteiger partial charge on any atom is 0.0586 e. The molecule has 3 atom stereocenters. The molecule has 0 amide bonds. The van der Waals surface area contributed by atoms with E-state index < -0.39 is 0 Å². The number of nitrogens with zero attached hydrogens (tertiary/aromatic N) is 1. The topological polar surface area (TPSA) is 35.5 Å². The molecule has 0 spiro atoms. The van der Waals surface area contributed by atoms with Crippen molar-refractivity contribution in [1.29, 1.82) is 0 Å². The molecule has 82 valence electrons. The Labute approximate surface area is 86.5 Å². The van der Waals surface area contributed by atoms with Crippen LogP contribution in [0.25, 0.3) is 0 Å². The Morgan fingerprint density at radius 3 is 3.00 bits per heavy atom. The number of nitrogens with one attached hydrogen (secondary N) is 1. The lowest BCUT2D eigenvalue weighted by molar-refractivity contribution is 0.0750. The summed E-state index contributed by atoms with van der Waals surface area (Å²) in [6, 6.07) is 1.15. The zero-order valence-electron chi connectivity index (χ0n) is 9.08. The number of likely N-dealkylation sites (tertiary alicyclic amines) is 1. The minimum Gasteiger partial charge on any atom is -0.395 e. The molecule has 0 aromatic carbocycles. The van der Waals surface area contributed by atoms with Crippen molar-refractivity contribution in [2.75, 3.05) is 26.2 Å². The molecule has 2 N–H and O–H groups in total. The SMILES string of the molecule is CC1CNCCC1N1CCC[C@H]1CO. The molecular formula is C11H22N2O. The number of rotatable bonds is 2. The van der Waals surface area contributed by atoms with E-state index in [2.05, 4.69) is 17.1 Å². The van der Waals surface area contributed by atoms with Gasteiger partial charge in [0.1, 0.15) is 0 Å². The molecule has 2 saturated heterocycles. The summed E-state index contributed by atoms with van der Waals surface area (Å²) in [6.07, 6.45) is 3.70. The predicted molar refractivity (Wildman–Crippen MR) is 57.3 cm³/mol. The lowest BCUT2D eigenvalue weighted by Gasteiger charge is -2.39. The second kappa shape index (κ2) is 4.60. The van der Waals surface area contributed by atoms with Crippen molar-refractivity contribution >= 4 is 0 Å². The van der Waals surface area contributed by atoms with Crippen molar-refractivity contribution in [2.45, 2.75) is 38.3 Å². The smallest absolute Gasteiger partial charge is 0.0586 e. The number of hydrogen-bond donors (Lipinski definition) is 2. The number of aliphatic hydroxyl groups is 1. The van der Waals surface area contributed by atoms with Gasteiger partial charge in [-0.1, -0.05) is 6.92 Å². The van der Waals surface area contributed by atoms with E-state index in [1.54, 1.807) is 0 Å². The zero-order valence-corrected chi connectivity index (χ0v) is 9.08. The monoisotopic (exact) mass is 198 g/mol. The lowest BCUT2D eigenvalue weighted by atomic mass is 9.93. The molecule has 0 saturated carbocycles. The van der Waals surface area contributed by atoms with E-state index >= 15 is 0 Å². The highest BCUT2D eigenvalue weighted by Crippen LogP contribution is 2.26. The molecule has 2 rings (SSSR count). The molecular weight excluding hydrogens is 176 g/mol. The van der Waals surface area contributed by atoms with Crippen LogP contribution in [0, 0.1) is 5.92 Å². The van der Waals surface area contributed by atoms with Crippen molar-refractivity contribution in [1.82, 2.24) is 10.2 Å². The highest BCUT2D eigenvalue weighted by molar-refractivity contribution is 4.89. The van der Waals surface area contributed by atoms with Gasteiger partial charge in [0, 0.05) is 12.1 Å². The van der Waals surface area contributed by atoms with Crippen molar-refractivity contribution < 1.29 is 5.11 Å². The highest BCUT2D eigenvalue weighted by Gasteiger charge is 2.34. The van der Waals surface area contributed by atoms with Crippen molar-refractivity contribution in [3.05, 3.63) is 0 Å². The Morgan fingerprint density at radius 2 is 2.29 bits per heavy atom. The Balaban J connectivity index is 1.97. The summed E-state index contributed by atoms with van der Waals surface area (Å²) < 4.78 is 0. The summed E-state index contributed by atoms with van der Waals surface area (Å²) in [7, 11) is 0. The molecule has 0 aromatic heterocycles. The average Bonchev–Trinajstić information content (AvgIpc) is 2.66. The minimum atomic E-state index is 0.344. The van der Waals surface area contributed by atoms with Crippen LogP contribution in [-0.2, 0) is 0 Å². The molecule has 3 heteroatoms. The quantitative estimate of drug-likeness (QED) is 0.676. The van der Waals surface area contributed by atoms with Crippen LogP contribution in [0.2, 0.25) is 0 Å². The first-order chi connectivity index (χ1) is 6.83. The van der Waals surface area contributed by atoms with Gasteiger partial charge in [-0.25, -0.2) is 0 Å². The summed E-state index contributed by atoms with van der Waals surface area (Å²) in [4.78, 5) is 2.55. The van der Waals surface area contributed by atoms with Crippen LogP contribution in [0.3, 0.4) is 0 Å². The first-order valence-corrected chi connectivity index (χ1v) is 5.90. The minimum absolute atomic E-state index is 0.344. The highest BCUT2D eigenvalue weighted by atomic mass is 16.3. The summed E-state index contributed by atoms with van der Waals surface area (Å²) in [5.41, 5.74) is 0. The van der Waals surface area contributed by atoms with Gasteiger partial charge < -0.3 is 10.4 Å². The summed E-state index contributed by atoms with van der Waals surface area (Å²) >= 11 is 0. The Bertz CT molecular complexity index is 186. The van der Waals surface area contributed by atoms with Crippen LogP contribution in [0.4, 0.5) is 0 Å². The molecule has 2 unspecified atom stereocenters. The molecule has 2 heterocycles. The summed E-state index contributed by atoms with van der Waals surface area (Å²) in [5.74, 6) is 0.732. The molecule has 0 aliphatic carbocycles. The Morgan fingerprint density at radius 1 is 1.43 bits per heavy atom. The molecule has 2 fully saturated rings. The Hall–Kier alpha value is -0.120. The van der Waals surface area contributed by atoms with Gasteiger partial charge in [0.25, 0.3) is 0 Å². The van der Waals surface area contributed by atoms with Crippen molar-refractivity contribution in [2.24, 2.45) is 5.92 Å². The molecule has 0 radical (unpaired) electrons. The van der Waals surface area contributed by atoms with Crippen LogP contribution < -0.4 is 5.32 Å². The van der Waals surface area contributed by atoms with Crippen molar-refractivity contribution in [3.63, 3.8) is 0 Å². The average molecular weight is 198 g/mol. The first-order valence-electron chi connectivity index (χ1n) is 5.90. The normalized spacial score (nSPS) is 40.3. The lowest BCUT2D eigenvalue weighted by Crippen LogP contribution is -2.51. The largest absolute Gasteiger partial charge is 0.395 e. The van der Waals surface area contributed by atoms with Gasteiger partial charge >= 0.3 is 0 Å². The van der Waals surface area contributed by atoms with Crippen LogP contribution >= 0.6 is 0 Å². The fourth-order valence-corrected chi connectivity index (χ4v) is 2.98. The third kappa shape index (κ3) is 1.95. The van der Waals surface area contributed by atoms with Gasteiger partial charge in [0.15, 0.2) is 0 Å². The molecule has 0 aromatic rings. The fourth-order valence-electron chi connectivity index (χ4n) is 2.98. The van der Waals surface area contributed by atoms with Gasteiger partial charge in [0.2, 0.25) is 0 Å². The van der Waals surface area contributed by atoms with Gasteiger partial charge in [-0.2, -0.15) is 0 Å². The van der Waals surface area contributed by atoms with Crippen LogP contribution in [0.15, 0.2) is 0 Å². The maximum absolute atomic E-state index is 9.30. The second-order valence-electron chi connectivity index (χ2n) is 4.75. The van der Waals surface area contributed by atoms with Crippen LogP contribution in [0.1, 0.15) is 26.2 Å². The van der Waals surface area contributed by atoms with E-state index in [-0.39, 0.29) is 0 Å². The fraction of sp³-hybridized carbons (Fsp3) is 1.00. The Kier molecular flexibility index (Phi) is 3.42. The van der Waals surface area contributed by atoms with E-state index in [1.807, 2.05) is 0 Å². The molecule has 0 bridgehead atoms. The predicted octanol–water partition coefficient (Wildman–Crippen LogP) is 0.441. The number of aliphatic hydroxyl groups excluding tert-OH is 1. The number of hydrogen-bond acceptors (Lipinski definition) is 3. The van der Waals surface area contributed by atoms with Crippen LogP contribution in [-0.4, -0.2) is 48.3 Å². The summed E-state index contributed by atoms with van der Waals surface area (Å²) in [5, 5.41) is 12.7. The van der Waals surface area contributed by atoms with Gasteiger partial charge in [-0.05, 0) is 44.8 Å². The zero-order chi connectivity index (χ0) is 9.97. The maximum atomic E-state index is 9.30.